The largest absolute Gasteiger partial charge is 0.480 e. The van der Waals surface area contributed by atoms with Gasteiger partial charge < -0.3 is 15.7 Å². The number of carbonyl (C=O) groups excluding carboxylic acids is 1. The molecule has 0 aliphatic heterocycles. The third-order valence-electron chi connectivity index (χ3n) is 2.74. The van der Waals surface area contributed by atoms with Gasteiger partial charge in [0.25, 0.3) is 0 Å². The monoisotopic (exact) mass is 376 g/mol. The number of urea groups is 1. The summed E-state index contributed by atoms with van der Waals surface area (Å²) in [5.74, 6) is -1.22. The Hall–Kier alpha value is -1.31. The Morgan fingerprint density at radius 1 is 1.32 bits per heavy atom. The Morgan fingerprint density at radius 3 is 2.47 bits per heavy atom. The van der Waals surface area contributed by atoms with E-state index in [-0.39, 0.29) is 5.92 Å². The lowest BCUT2D eigenvalue weighted by Crippen LogP contribution is -2.46. The molecule has 3 N–H and O–H groups in total. The van der Waals surface area contributed by atoms with Gasteiger partial charge in [0.1, 0.15) is 6.04 Å². The van der Waals surface area contributed by atoms with E-state index in [0.29, 0.717) is 5.69 Å². The fraction of sp³-hybridized carbons (Fsp3) is 0.385. The normalized spacial score (nSPS) is 12.1. The lowest BCUT2D eigenvalue weighted by atomic mass is 10.1. The molecule has 1 aromatic carbocycles. The molecule has 0 fully saturated rings. The van der Waals surface area contributed by atoms with Crippen molar-refractivity contribution in [2.24, 2.45) is 5.92 Å². The van der Waals surface area contributed by atoms with Crippen molar-refractivity contribution in [1.29, 1.82) is 0 Å². The number of nitrogens with one attached hydrogen (secondary N) is 2. The van der Waals surface area contributed by atoms with E-state index in [2.05, 4.69) is 33.2 Å². The Morgan fingerprint density at radius 2 is 1.95 bits per heavy atom. The summed E-state index contributed by atoms with van der Waals surface area (Å²) < 4.78 is 1.04. The van der Waals surface area contributed by atoms with Crippen molar-refractivity contribution >= 4 is 40.3 Å². The zero-order valence-corrected chi connectivity index (χ0v) is 13.2. The summed E-state index contributed by atoms with van der Waals surface area (Å²) in [6.07, 6.45) is 0. The van der Waals surface area contributed by atoms with Gasteiger partial charge in [0.15, 0.2) is 0 Å². The summed E-state index contributed by atoms with van der Waals surface area (Å²) in [4.78, 5) is 22.8. The molecule has 0 bridgehead atoms. The Kier molecular flexibility index (Phi) is 5.59. The molecular formula is C13H17IN2O3. The number of carboxylic acid groups (broad SMARTS) is 1. The molecule has 0 saturated heterocycles. The van der Waals surface area contributed by atoms with Gasteiger partial charge in [0.2, 0.25) is 0 Å². The molecule has 6 heteroatoms. The van der Waals surface area contributed by atoms with Gasteiger partial charge in [-0.15, -0.1) is 0 Å². The summed E-state index contributed by atoms with van der Waals surface area (Å²) in [5.41, 5.74) is 1.63. The first-order valence-electron chi connectivity index (χ1n) is 5.88. The minimum atomic E-state index is -1.04. The van der Waals surface area contributed by atoms with E-state index >= 15 is 0 Å². The van der Waals surface area contributed by atoms with Crippen LogP contribution < -0.4 is 10.6 Å². The average Bonchev–Trinajstić information content (AvgIpc) is 2.31. The maximum Gasteiger partial charge on any atom is 0.326 e. The number of rotatable bonds is 4. The number of amides is 2. The van der Waals surface area contributed by atoms with Crippen LogP contribution in [0.2, 0.25) is 0 Å². The minimum Gasteiger partial charge on any atom is -0.480 e. The van der Waals surface area contributed by atoms with Gasteiger partial charge in [-0.2, -0.15) is 0 Å². The molecule has 2 amide bonds. The highest BCUT2D eigenvalue weighted by atomic mass is 127. The first-order chi connectivity index (χ1) is 8.82. The predicted octanol–water partition coefficient (Wildman–Crippen LogP) is 2.83. The molecule has 5 nitrogen and oxygen atoms in total. The van der Waals surface area contributed by atoms with Crippen LogP contribution in [0.1, 0.15) is 19.4 Å². The molecule has 0 aromatic heterocycles. The van der Waals surface area contributed by atoms with E-state index in [9.17, 15) is 9.59 Å². The molecule has 0 saturated carbocycles. The summed E-state index contributed by atoms with van der Waals surface area (Å²) in [7, 11) is 0. The van der Waals surface area contributed by atoms with Gasteiger partial charge in [-0.25, -0.2) is 9.59 Å². The third-order valence-corrected chi connectivity index (χ3v) is 3.90. The average molecular weight is 376 g/mol. The maximum atomic E-state index is 11.8. The van der Waals surface area contributed by atoms with Crippen molar-refractivity contribution in [2.45, 2.75) is 26.8 Å². The van der Waals surface area contributed by atoms with Crippen LogP contribution in [0.25, 0.3) is 0 Å². The van der Waals surface area contributed by atoms with Gasteiger partial charge in [-0.1, -0.05) is 19.9 Å². The van der Waals surface area contributed by atoms with Gasteiger partial charge in [0, 0.05) is 9.26 Å². The maximum absolute atomic E-state index is 11.8. The fourth-order valence-electron chi connectivity index (χ4n) is 1.56. The van der Waals surface area contributed by atoms with Crippen molar-refractivity contribution < 1.29 is 14.7 Å². The number of carbonyl (C=O) groups is 2. The third kappa shape index (κ3) is 4.38. The zero-order chi connectivity index (χ0) is 14.6. The van der Waals surface area contributed by atoms with Crippen molar-refractivity contribution in [2.75, 3.05) is 5.32 Å². The molecule has 19 heavy (non-hydrogen) atoms. The van der Waals surface area contributed by atoms with Gasteiger partial charge in [-0.05, 0) is 53.1 Å². The summed E-state index contributed by atoms with van der Waals surface area (Å²) in [5, 5.41) is 14.1. The fourth-order valence-corrected chi connectivity index (χ4v) is 2.05. The molecule has 1 rings (SSSR count). The first-order valence-corrected chi connectivity index (χ1v) is 6.96. The molecule has 1 aromatic rings. The van der Waals surface area contributed by atoms with Crippen molar-refractivity contribution in [3.05, 3.63) is 27.3 Å². The van der Waals surface area contributed by atoms with Crippen LogP contribution in [-0.2, 0) is 4.79 Å². The highest BCUT2D eigenvalue weighted by Gasteiger charge is 2.23. The highest BCUT2D eigenvalue weighted by Crippen LogP contribution is 2.20. The molecule has 0 radical (unpaired) electrons. The second-order valence-corrected chi connectivity index (χ2v) is 5.73. The van der Waals surface area contributed by atoms with Crippen LogP contribution in [0.15, 0.2) is 18.2 Å². The highest BCUT2D eigenvalue weighted by molar-refractivity contribution is 14.1. The summed E-state index contributed by atoms with van der Waals surface area (Å²) in [6, 6.07) is 4.14. The number of anilines is 1. The van der Waals surface area contributed by atoms with E-state index in [1.807, 2.05) is 19.1 Å². The molecule has 0 aliphatic carbocycles. The lowest BCUT2D eigenvalue weighted by Gasteiger charge is -2.19. The van der Waals surface area contributed by atoms with E-state index < -0.39 is 18.0 Å². The number of hydrogen-bond donors (Lipinski definition) is 3. The van der Waals surface area contributed by atoms with E-state index in [1.165, 1.54) is 0 Å². The van der Waals surface area contributed by atoms with Crippen LogP contribution >= 0.6 is 22.6 Å². The molecular weight excluding hydrogens is 359 g/mol. The number of carboxylic acids is 1. The SMILES string of the molecule is Cc1c(I)cccc1NC(=O)N[C@H](C(=O)O)C(C)C. The van der Waals surface area contributed by atoms with Crippen molar-refractivity contribution in [1.82, 2.24) is 5.32 Å². The Labute approximate surface area is 125 Å². The standard InChI is InChI=1S/C13H17IN2O3/c1-7(2)11(12(17)18)16-13(19)15-10-6-4-5-9(14)8(10)3/h4-7,11H,1-3H3,(H,17,18)(H2,15,16,19)/t11-/m0/s1. The van der Waals surface area contributed by atoms with Crippen LogP contribution in [0.4, 0.5) is 10.5 Å². The van der Waals surface area contributed by atoms with E-state index in [0.717, 1.165) is 9.13 Å². The van der Waals surface area contributed by atoms with Gasteiger partial charge >= 0.3 is 12.0 Å². The van der Waals surface area contributed by atoms with Gasteiger partial charge in [-0.3, -0.25) is 0 Å². The van der Waals surface area contributed by atoms with Crippen LogP contribution in [0.5, 0.6) is 0 Å². The molecule has 0 spiro atoms. The van der Waals surface area contributed by atoms with Crippen LogP contribution in [-0.4, -0.2) is 23.1 Å². The van der Waals surface area contributed by atoms with Crippen molar-refractivity contribution in [3.63, 3.8) is 0 Å². The number of halogens is 1. The van der Waals surface area contributed by atoms with Crippen molar-refractivity contribution in [3.8, 4) is 0 Å². The van der Waals surface area contributed by atoms with E-state index in [4.69, 9.17) is 5.11 Å². The van der Waals surface area contributed by atoms with Gasteiger partial charge in [0.05, 0.1) is 0 Å². The minimum absolute atomic E-state index is 0.180. The number of hydrogen-bond acceptors (Lipinski definition) is 2. The van der Waals surface area contributed by atoms with Crippen LogP contribution in [0.3, 0.4) is 0 Å². The van der Waals surface area contributed by atoms with Crippen LogP contribution in [0, 0.1) is 16.4 Å². The Bertz CT molecular complexity index is 489. The lowest BCUT2D eigenvalue weighted by molar-refractivity contribution is -0.140. The molecule has 0 aliphatic rings. The second-order valence-electron chi connectivity index (χ2n) is 4.57. The topological polar surface area (TPSA) is 78.4 Å². The van der Waals surface area contributed by atoms with E-state index in [1.54, 1.807) is 19.9 Å². The number of benzene rings is 1. The first kappa shape index (κ1) is 15.7. The zero-order valence-electron chi connectivity index (χ0n) is 11.0. The molecule has 1 atom stereocenters. The Balaban J connectivity index is 2.75. The smallest absolute Gasteiger partial charge is 0.326 e. The second kappa shape index (κ2) is 6.74. The quantitative estimate of drug-likeness (QED) is 0.708. The predicted molar refractivity (Wildman–Crippen MR) is 82.3 cm³/mol. The summed E-state index contributed by atoms with van der Waals surface area (Å²) in [6.45, 7) is 5.39. The number of aliphatic carboxylic acids is 1. The molecule has 104 valence electrons. The molecule has 0 unspecified atom stereocenters. The molecule has 0 heterocycles. The summed E-state index contributed by atoms with van der Waals surface area (Å²) >= 11 is 2.18.